The first kappa shape index (κ1) is 30.7. The number of ether oxygens (including phenoxy) is 3. The van der Waals surface area contributed by atoms with Crippen molar-refractivity contribution >= 4 is 30.6 Å². The topological polar surface area (TPSA) is 74.3 Å². The Morgan fingerprint density at radius 3 is 1.98 bits per heavy atom. The number of hydrogen-bond donors (Lipinski definition) is 0. The molecule has 4 rings (SSSR count). The maximum atomic E-state index is 13.6. The molecule has 0 unspecified atom stereocenters. The van der Waals surface area contributed by atoms with Crippen molar-refractivity contribution in [2.75, 3.05) is 27.1 Å². The minimum Gasteiger partial charge on any atom is -0.468 e. The van der Waals surface area contributed by atoms with Gasteiger partial charge in [0.2, 0.25) is 0 Å². The first-order valence-electron chi connectivity index (χ1n) is 14.1. The van der Waals surface area contributed by atoms with Gasteiger partial charge < -0.3 is 23.5 Å². The predicted octanol–water partition coefficient (Wildman–Crippen LogP) is 4.29. The van der Waals surface area contributed by atoms with Crippen molar-refractivity contribution in [3.05, 3.63) is 96.6 Å². The van der Waals surface area contributed by atoms with Gasteiger partial charge in [0.05, 0.1) is 26.4 Å². The highest BCUT2D eigenvalue weighted by Gasteiger charge is 2.51. The van der Waals surface area contributed by atoms with E-state index in [0.29, 0.717) is 26.1 Å². The van der Waals surface area contributed by atoms with Crippen molar-refractivity contribution < 1.29 is 28.2 Å². The molecule has 1 aliphatic heterocycles. The fourth-order valence-corrected chi connectivity index (χ4v) is 10.2. The molecule has 1 saturated heterocycles. The second kappa shape index (κ2) is 14.0. The average Bonchev–Trinajstić information content (AvgIpc) is 2.99. The normalized spacial score (nSPS) is 17.9. The number of carbonyl (C=O) groups excluding carboxylic acids is 2. The Balaban J connectivity index is 1.52. The molecule has 0 spiro atoms. The largest absolute Gasteiger partial charge is 0.468 e. The molecule has 3 aromatic carbocycles. The molecule has 0 N–H and O–H groups in total. The van der Waals surface area contributed by atoms with Crippen LogP contribution in [0.3, 0.4) is 0 Å². The third-order valence-corrected chi connectivity index (χ3v) is 12.7. The molecule has 0 aromatic heterocycles. The summed E-state index contributed by atoms with van der Waals surface area (Å²) >= 11 is 0. The summed E-state index contributed by atoms with van der Waals surface area (Å²) in [5.41, 5.74) is 1.03. The molecule has 0 radical (unpaired) electrons. The smallest absolute Gasteiger partial charge is 0.325 e. The molecule has 218 valence electrons. The van der Waals surface area contributed by atoms with Crippen LogP contribution in [-0.4, -0.2) is 64.3 Å². The molecule has 1 aliphatic rings. The summed E-state index contributed by atoms with van der Waals surface area (Å²) in [5, 5.41) is 2.12. The van der Waals surface area contributed by atoms with Gasteiger partial charge in [-0.1, -0.05) is 112 Å². The molecule has 7 nitrogen and oxygen atoms in total. The van der Waals surface area contributed by atoms with Crippen LogP contribution >= 0.6 is 0 Å². The van der Waals surface area contributed by atoms with Gasteiger partial charge in [0, 0.05) is 0 Å². The van der Waals surface area contributed by atoms with Crippen LogP contribution in [-0.2, 0) is 34.8 Å². The van der Waals surface area contributed by atoms with Crippen molar-refractivity contribution in [3.8, 4) is 0 Å². The van der Waals surface area contributed by atoms with Gasteiger partial charge in [-0.2, -0.15) is 0 Å². The van der Waals surface area contributed by atoms with E-state index in [9.17, 15) is 9.59 Å². The number of nitrogens with zero attached hydrogens (tertiary/aromatic N) is 1. The van der Waals surface area contributed by atoms with Gasteiger partial charge in [-0.15, -0.1) is 0 Å². The molecule has 3 aromatic rings. The lowest BCUT2D eigenvalue weighted by Crippen LogP contribution is -2.68. The summed E-state index contributed by atoms with van der Waals surface area (Å²) in [6.07, 6.45) is 0.448. The number of piperidine rings is 1. The van der Waals surface area contributed by atoms with Gasteiger partial charge in [-0.05, 0) is 33.8 Å². The molecule has 2 atom stereocenters. The van der Waals surface area contributed by atoms with Gasteiger partial charge in [0.1, 0.15) is 19.4 Å². The summed E-state index contributed by atoms with van der Waals surface area (Å²) in [4.78, 5) is 27.6. The maximum Gasteiger partial charge on any atom is 0.325 e. The second-order valence-electron chi connectivity index (χ2n) is 11.4. The summed E-state index contributed by atoms with van der Waals surface area (Å²) in [6.45, 7) is 7.18. The summed E-state index contributed by atoms with van der Waals surface area (Å²) < 4.78 is 23.6. The van der Waals surface area contributed by atoms with Crippen LogP contribution in [0.1, 0.15) is 39.2 Å². The maximum absolute atomic E-state index is 13.6. The molecule has 1 fully saturated rings. The third kappa shape index (κ3) is 7.32. The molecule has 41 heavy (non-hydrogen) atoms. The first-order valence-corrected chi connectivity index (χ1v) is 16.0. The zero-order valence-electron chi connectivity index (χ0n) is 24.5. The molecule has 1 amide bonds. The Morgan fingerprint density at radius 2 is 1.44 bits per heavy atom. The second-order valence-corrected chi connectivity index (χ2v) is 15.7. The van der Waals surface area contributed by atoms with E-state index >= 15 is 0 Å². The van der Waals surface area contributed by atoms with E-state index in [4.69, 9.17) is 18.6 Å². The number of likely N-dealkylation sites (tertiary alicyclic amines) is 1. The van der Waals surface area contributed by atoms with E-state index in [2.05, 4.69) is 45.0 Å². The van der Waals surface area contributed by atoms with E-state index in [1.165, 1.54) is 7.11 Å². The Bertz CT molecular complexity index is 1210. The summed E-state index contributed by atoms with van der Waals surface area (Å²) in [5.74, 6) is -0.726. The minimum absolute atomic E-state index is 0.0133. The minimum atomic E-state index is -2.81. The molecule has 0 aliphatic carbocycles. The van der Waals surface area contributed by atoms with Crippen LogP contribution in [0.15, 0.2) is 91.0 Å². The average molecular weight is 576 g/mol. The van der Waals surface area contributed by atoms with Crippen molar-refractivity contribution in [2.24, 2.45) is 0 Å². The molecule has 1 heterocycles. The Hall–Kier alpha value is -3.30. The number of carbonyl (C=O) groups is 2. The van der Waals surface area contributed by atoms with Gasteiger partial charge in [-0.25, -0.2) is 0 Å². The zero-order chi connectivity index (χ0) is 29.3. The van der Waals surface area contributed by atoms with E-state index < -0.39 is 20.4 Å². The number of benzene rings is 3. The van der Waals surface area contributed by atoms with Gasteiger partial charge in [0.25, 0.3) is 14.2 Å². The van der Waals surface area contributed by atoms with Crippen LogP contribution in [0.25, 0.3) is 0 Å². The highest BCUT2D eigenvalue weighted by molar-refractivity contribution is 6.99. The van der Waals surface area contributed by atoms with E-state index in [0.717, 1.165) is 15.9 Å². The number of amides is 1. The highest BCUT2D eigenvalue weighted by Crippen LogP contribution is 2.37. The van der Waals surface area contributed by atoms with E-state index in [1.54, 1.807) is 4.90 Å². The molecule has 0 bridgehead atoms. The van der Waals surface area contributed by atoms with Gasteiger partial charge in [-0.3, -0.25) is 9.59 Å². The molecule has 8 heteroatoms. The molecule has 0 saturated carbocycles. The fraction of sp³-hybridized carbons (Fsp3) is 0.394. The standard InChI is InChI=1S/C33H41NO6Si/c1-33(2,3)41(28-16-10-6-11-17-28,29-18-12-7-13-19-29)40-24-27-20-21-30(32(36)34(27)22-31(35)37-4)39-25-38-23-26-14-8-5-9-15-26/h5-19,27,30H,20-25H2,1-4H3/t27-,30+/m1/s1. The van der Waals surface area contributed by atoms with E-state index in [1.807, 2.05) is 66.7 Å². The van der Waals surface area contributed by atoms with Crippen molar-refractivity contribution in [1.29, 1.82) is 0 Å². The van der Waals surface area contributed by atoms with Crippen molar-refractivity contribution in [1.82, 2.24) is 4.90 Å². The Kier molecular flexibility index (Phi) is 10.5. The lowest BCUT2D eigenvalue weighted by atomic mass is 10.00. The highest BCUT2D eigenvalue weighted by atomic mass is 28.4. The lowest BCUT2D eigenvalue weighted by Gasteiger charge is -2.45. The van der Waals surface area contributed by atoms with Crippen molar-refractivity contribution in [3.63, 3.8) is 0 Å². The number of esters is 1. The predicted molar refractivity (Wildman–Crippen MR) is 161 cm³/mol. The SMILES string of the molecule is COC(=O)CN1C(=O)[C@@H](OCOCc2ccccc2)CC[C@@H]1CO[Si](c1ccccc1)(c1ccccc1)C(C)(C)C. The quantitative estimate of drug-likeness (QED) is 0.139. The van der Waals surface area contributed by atoms with Crippen molar-refractivity contribution in [2.45, 2.75) is 57.4 Å². The van der Waals surface area contributed by atoms with Gasteiger partial charge >= 0.3 is 5.97 Å². The summed E-state index contributed by atoms with van der Waals surface area (Å²) in [6, 6.07) is 30.3. The van der Waals surface area contributed by atoms with Gasteiger partial charge in [0.15, 0.2) is 0 Å². The molecular weight excluding hydrogens is 534 g/mol. The monoisotopic (exact) mass is 575 g/mol. The zero-order valence-corrected chi connectivity index (χ0v) is 25.5. The lowest BCUT2D eigenvalue weighted by molar-refractivity contribution is -0.169. The van der Waals surface area contributed by atoms with Crippen LogP contribution in [0.4, 0.5) is 0 Å². The number of methoxy groups -OCH3 is 1. The molecular formula is C33H41NO6Si. The van der Waals surface area contributed by atoms with Crippen LogP contribution in [0.5, 0.6) is 0 Å². The van der Waals surface area contributed by atoms with Crippen LogP contribution < -0.4 is 10.4 Å². The van der Waals surface area contributed by atoms with E-state index in [-0.39, 0.29) is 30.3 Å². The Labute approximate surface area is 244 Å². The Morgan fingerprint density at radius 1 is 0.878 bits per heavy atom. The summed E-state index contributed by atoms with van der Waals surface area (Å²) in [7, 11) is -1.48. The van der Waals surface area contributed by atoms with Crippen LogP contribution in [0.2, 0.25) is 5.04 Å². The number of hydrogen-bond acceptors (Lipinski definition) is 6. The third-order valence-electron chi connectivity index (χ3n) is 7.66. The fourth-order valence-electron chi connectivity index (χ4n) is 5.57. The van der Waals surface area contributed by atoms with Crippen LogP contribution in [0, 0.1) is 0 Å². The first-order chi connectivity index (χ1) is 19.8. The number of rotatable bonds is 12.